The summed E-state index contributed by atoms with van der Waals surface area (Å²) in [5, 5.41) is 10.2. The fraction of sp³-hybridized carbons (Fsp3) is 0.182. The molecular formula is C11H11BrO3. The summed E-state index contributed by atoms with van der Waals surface area (Å²) in [4.78, 5) is 11.2. The molecule has 1 N–H and O–H groups in total. The van der Waals surface area contributed by atoms with E-state index in [0.29, 0.717) is 16.5 Å². The van der Waals surface area contributed by atoms with Crippen LogP contribution in [0.2, 0.25) is 0 Å². The van der Waals surface area contributed by atoms with Gasteiger partial charge in [0.1, 0.15) is 5.75 Å². The minimum atomic E-state index is -0.413. The molecule has 0 fully saturated rings. The third-order valence-corrected chi connectivity index (χ3v) is 2.21. The van der Waals surface area contributed by atoms with Gasteiger partial charge in [0.15, 0.2) is 0 Å². The van der Waals surface area contributed by atoms with Crippen molar-refractivity contribution in [3.63, 3.8) is 0 Å². The maximum atomic E-state index is 11.2. The van der Waals surface area contributed by atoms with E-state index in [2.05, 4.69) is 20.7 Å². The van der Waals surface area contributed by atoms with Crippen LogP contribution >= 0.6 is 15.9 Å². The van der Waals surface area contributed by atoms with Crippen LogP contribution < -0.4 is 0 Å². The molecule has 0 aliphatic carbocycles. The molecule has 1 rings (SSSR count). The Morgan fingerprint density at radius 1 is 1.60 bits per heavy atom. The zero-order valence-electron chi connectivity index (χ0n) is 8.24. The molecule has 0 amide bonds. The fourth-order valence-corrected chi connectivity index (χ4v) is 1.29. The molecule has 0 bridgehead atoms. The molecule has 3 nitrogen and oxygen atoms in total. The number of allylic oxidation sites excluding steroid dienone is 1. The summed E-state index contributed by atoms with van der Waals surface area (Å²) in [5.74, 6) is -0.275. The van der Waals surface area contributed by atoms with E-state index in [4.69, 9.17) is 0 Å². The highest BCUT2D eigenvalue weighted by atomic mass is 79.9. The molecule has 0 saturated heterocycles. The molecule has 0 radical (unpaired) electrons. The lowest BCUT2D eigenvalue weighted by Crippen LogP contribution is -2.00. The maximum Gasteiger partial charge on any atom is 0.337 e. The van der Waals surface area contributed by atoms with Crippen LogP contribution in [0.3, 0.4) is 0 Å². The van der Waals surface area contributed by atoms with E-state index in [9.17, 15) is 9.90 Å². The number of esters is 1. The SMILES string of the molecule is COC(=O)c1ccc(O)c(C=CCBr)c1. The zero-order valence-corrected chi connectivity index (χ0v) is 9.82. The van der Waals surface area contributed by atoms with Crippen molar-refractivity contribution >= 4 is 28.0 Å². The predicted octanol–water partition coefficient (Wildman–Crippen LogP) is 2.59. The van der Waals surface area contributed by atoms with E-state index in [1.807, 2.05) is 6.08 Å². The van der Waals surface area contributed by atoms with Gasteiger partial charge in [-0.2, -0.15) is 0 Å². The smallest absolute Gasteiger partial charge is 0.337 e. The van der Waals surface area contributed by atoms with Gasteiger partial charge in [0, 0.05) is 10.9 Å². The van der Waals surface area contributed by atoms with Crippen LogP contribution in [-0.2, 0) is 4.74 Å². The minimum absolute atomic E-state index is 0.139. The first-order valence-corrected chi connectivity index (χ1v) is 5.45. The number of ether oxygens (including phenoxy) is 1. The van der Waals surface area contributed by atoms with Crippen LogP contribution in [0.25, 0.3) is 6.08 Å². The third kappa shape index (κ3) is 3.09. The second kappa shape index (κ2) is 5.56. The van der Waals surface area contributed by atoms with Gasteiger partial charge in [-0.3, -0.25) is 0 Å². The highest BCUT2D eigenvalue weighted by Crippen LogP contribution is 2.20. The number of rotatable bonds is 3. The summed E-state index contributed by atoms with van der Waals surface area (Å²) in [6, 6.07) is 4.58. The van der Waals surface area contributed by atoms with Crippen LogP contribution in [0.4, 0.5) is 0 Å². The van der Waals surface area contributed by atoms with Crippen molar-refractivity contribution in [2.45, 2.75) is 0 Å². The molecule has 0 aromatic heterocycles. The number of halogens is 1. The molecule has 0 heterocycles. The number of carbonyl (C=O) groups excluding carboxylic acids is 1. The van der Waals surface area contributed by atoms with Crippen molar-refractivity contribution in [2.75, 3.05) is 12.4 Å². The maximum absolute atomic E-state index is 11.2. The third-order valence-electron chi connectivity index (χ3n) is 1.84. The van der Waals surface area contributed by atoms with Crippen LogP contribution in [0, 0.1) is 0 Å². The lowest BCUT2D eigenvalue weighted by atomic mass is 10.1. The molecular weight excluding hydrogens is 260 g/mol. The molecule has 1 aromatic rings. The molecule has 0 aliphatic rings. The van der Waals surface area contributed by atoms with Crippen molar-refractivity contribution in [2.24, 2.45) is 0 Å². The molecule has 1 aromatic carbocycles. The Hall–Kier alpha value is -1.29. The van der Waals surface area contributed by atoms with Crippen LogP contribution in [0.1, 0.15) is 15.9 Å². The number of carbonyl (C=O) groups is 1. The minimum Gasteiger partial charge on any atom is -0.507 e. The average Bonchev–Trinajstić information content (AvgIpc) is 2.27. The number of aromatic hydroxyl groups is 1. The monoisotopic (exact) mass is 270 g/mol. The molecule has 0 unspecified atom stereocenters. The molecule has 0 saturated carbocycles. The van der Waals surface area contributed by atoms with Gasteiger partial charge in [-0.05, 0) is 18.2 Å². The second-order valence-corrected chi connectivity index (χ2v) is 3.47. The van der Waals surface area contributed by atoms with E-state index in [0.717, 1.165) is 0 Å². The van der Waals surface area contributed by atoms with Gasteiger partial charge in [0.2, 0.25) is 0 Å². The van der Waals surface area contributed by atoms with Gasteiger partial charge in [0.25, 0.3) is 0 Å². The van der Waals surface area contributed by atoms with Crippen LogP contribution in [0.15, 0.2) is 24.3 Å². The summed E-state index contributed by atoms with van der Waals surface area (Å²) in [5.41, 5.74) is 1.02. The van der Waals surface area contributed by atoms with Crippen molar-refractivity contribution in [3.05, 3.63) is 35.4 Å². The van der Waals surface area contributed by atoms with Crippen molar-refractivity contribution in [1.82, 2.24) is 0 Å². The summed E-state index contributed by atoms with van der Waals surface area (Å²) in [6.07, 6.45) is 3.56. The van der Waals surface area contributed by atoms with Gasteiger partial charge in [0.05, 0.1) is 12.7 Å². The number of hydrogen-bond donors (Lipinski definition) is 1. The molecule has 0 atom stereocenters. The Morgan fingerprint density at radius 2 is 2.33 bits per heavy atom. The Balaban J connectivity index is 3.05. The fourth-order valence-electron chi connectivity index (χ4n) is 1.10. The van der Waals surface area contributed by atoms with Crippen LogP contribution in [0.5, 0.6) is 5.75 Å². The topological polar surface area (TPSA) is 46.5 Å². The second-order valence-electron chi connectivity index (χ2n) is 2.82. The first kappa shape index (κ1) is 11.8. The Kier molecular flexibility index (Phi) is 4.37. The number of hydrogen-bond acceptors (Lipinski definition) is 3. The van der Waals surface area contributed by atoms with Gasteiger partial charge in [-0.15, -0.1) is 0 Å². The zero-order chi connectivity index (χ0) is 11.3. The summed E-state index contributed by atoms with van der Waals surface area (Å²) in [6.45, 7) is 0. The Morgan fingerprint density at radius 3 is 2.93 bits per heavy atom. The number of phenolic OH excluding ortho intramolecular Hbond substituents is 1. The van der Waals surface area contributed by atoms with Gasteiger partial charge in [-0.25, -0.2) is 4.79 Å². The standard InChI is InChI=1S/C11H11BrO3/c1-15-11(14)9-4-5-10(13)8(7-9)3-2-6-12/h2-5,7,13H,6H2,1H3. The van der Waals surface area contributed by atoms with E-state index in [1.54, 1.807) is 12.1 Å². The van der Waals surface area contributed by atoms with E-state index >= 15 is 0 Å². The van der Waals surface area contributed by atoms with Gasteiger partial charge in [-0.1, -0.05) is 28.1 Å². The average molecular weight is 271 g/mol. The Labute approximate surface area is 96.5 Å². The molecule has 0 spiro atoms. The largest absolute Gasteiger partial charge is 0.507 e. The first-order chi connectivity index (χ1) is 7.19. The van der Waals surface area contributed by atoms with E-state index in [1.165, 1.54) is 19.2 Å². The lowest BCUT2D eigenvalue weighted by Gasteiger charge is -2.02. The number of methoxy groups -OCH3 is 1. The van der Waals surface area contributed by atoms with E-state index in [-0.39, 0.29) is 5.75 Å². The number of alkyl halides is 1. The first-order valence-electron chi connectivity index (χ1n) is 4.33. The molecule has 80 valence electrons. The highest BCUT2D eigenvalue weighted by molar-refractivity contribution is 9.09. The normalized spacial score (nSPS) is 10.5. The van der Waals surface area contributed by atoms with E-state index < -0.39 is 5.97 Å². The summed E-state index contributed by atoms with van der Waals surface area (Å²) >= 11 is 3.23. The number of phenols is 1. The molecule has 4 heteroatoms. The molecule has 0 aliphatic heterocycles. The lowest BCUT2D eigenvalue weighted by molar-refractivity contribution is 0.0600. The van der Waals surface area contributed by atoms with Crippen LogP contribution in [-0.4, -0.2) is 23.5 Å². The van der Waals surface area contributed by atoms with Gasteiger partial charge >= 0.3 is 5.97 Å². The van der Waals surface area contributed by atoms with Gasteiger partial charge < -0.3 is 9.84 Å². The molecule has 15 heavy (non-hydrogen) atoms. The Bertz CT molecular complexity index is 385. The van der Waals surface area contributed by atoms with Crippen molar-refractivity contribution in [3.8, 4) is 5.75 Å². The summed E-state index contributed by atoms with van der Waals surface area (Å²) < 4.78 is 4.58. The predicted molar refractivity (Wildman–Crippen MR) is 62.3 cm³/mol. The number of benzene rings is 1. The highest BCUT2D eigenvalue weighted by Gasteiger charge is 2.07. The van der Waals surface area contributed by atoms with Crippen molar-refractivity contribution in [1.29, 1.82) is 0 Å². The summed E-state index contributed by atoms with van der Waals surface area (Å²) in [7, 11) is 1.32. The van der Waals surface area contributed by atoms with Crippen molar-refractivity contribution < 1.29 is 14.6 Å². The quantitative estimate of drug-likeness (QED) is 0.679.